The number of hydrogen-bond acceptors (Lipinski definition) is 0. The average molecular weight is 288 g/mol. The van der Waals surface area contributed by atoms with E-state index in [9.17, 15) is 0 Å². The van der Waals surface area contributed by atoms with Crippen LogP contribution in [0.15, 0.2) is 0 Å². The summed E-state index contributed by atoms with van der Waals surface area (Å²) in [5.74, 6) is 0. The van der Waals surface area contributed by atoms with Gasteiger partial charge < -0.3 is 21.8 Å². The normalized spacial score (nSPS) is 0.857. The molecule has 0 aromatic rings. The Labute approximate surface area is 111 Å². The Kier molecular flexibility index (Phi) is 515. The zero-order chi connectivity index (χ0) is 2.00. The van der Waals surface area contributed by atoms with E-state index in [0.717, 1.165) is 0 Å². The minimum atomic E-state index is 0. The smallest absolute Gasteiger partial charge is 0 e. The molecule has 0 atom stereocenters. The predicted molar refractivity (Wildman–Crippen MR) is 23.9 cm³/mol. The molecule has 0 aromatic heterocycles. The Hall–Kier alpha value is 2.79. The maximum atomic E-state index is 3.25. The van der Waals surface area contributed by atoms with Crippen LogP contribution >= 0.6 is 0 Å². The minimum absolute atomic E-state index is 0. The van der Waals surface area contributed by atoms with Crippen molar-refractivity contribution >= 4 is 0 Å². The van der Waals surface area contributed by atoms with Crippen molar-refractivity contribution < 1.29 is 84.0 Å². The molecule has 0 saturated heterocycles. The van der Waals surface area contributed by atoms with Crippen molar-refractivity contribution in [1.29, 1.82) is 0 Å². The summed E-state index contributed by atoms with van der Waals surface area (Å²) >= 11 is 0. The monoisotopic (exact) mass is 288 g/mol. The van der Waals surface area contributed by atoms with Crippen molar-refractivity contribution in [3.8, 4) is 0 Å². The van der Waals surface area contributed by atoms with Crippen LogP contribution in [0.2, 0.25) is 0 Å². The van der Waals surface area contributed by atoms with E-state index in [1.54, 1.807) is 6.92 Å². The molecule has 0 aliphatic rings. The summed E-state index contributed by atoms with van der Waals surface area (Å²) in [6, 6.07) is 0. The largest absolute Gasteiger partial charge is 0.358 e. The van der Waals surface area contributed by atoms with E-state index < -0.39 is 0 Å². The second-order valence-corrected chi connectivity index (χ2v) is 0. The van der Waals surface area contributed by atoms with E-state index in [0.29, 0.717) is 0 Å². The van der Waals surface area contributed by atoms with Crippen LogP contribution in [0.25, 0.3) is 0 Å². The second kappa shape index (κ2) is 68.5. The van der Waals surface area contributed by atoms with Gasteiger partial charge in [-0.2, -0.15) is 6.92 Å². The van der Waals surface area contributed by atoms with Crippen molar-refractivity contribution in [2.75, 3.05) is 0 Å². The van der Waals surface area contributed by atoms with E-state index >= 15 is 0 Å². The van der Waals surface area contributed by atoms with Gasteiger partial charge in [0.15, 0.2) is 0 Å². The molecule has 0 heterocycles. The zero-order valence-corrected chi connectivity index (χ0v) is 12.4. The van der Waals surface area contributed by atoms with Crippen LogP contribution in [0.1, 0.15) is 6.92 Å². The van der Waals surface area contributed by atoms with Gasteiger partial charge in [-0.3, -0.25) is 0 Å². The Morgan fingerprint density at radius 2 is 0.857 bits per heavy atom. The molecule has 0 bridgehead atoms. The molecule has 0 amide bonds. The summed E-state index contributed by atoms with van der Waals surface area (Å²) < 4.78 is 0. The molecular weight excluding hydrogens is 277 g/mol. The van der Waals surface area contributed by atoms with E-state index in [2.05, 4.69) is 6.92 Å². The van der Waals surface area contributed by atoms with E-state index in [1.807, 2.05) is 0 Å². The molecule has 0 nitrogen and oxygen atoms in total. The second-order valence-electron chi connectivity index (χ2n) is 0. The van der Waals surface area contributed by atoms with Gasteiger partial charge in [-0.25, -0.2) is 0 Å². The minimum Gasteiger partial charge on any atom is -0.358 e. The molecule has 0 aromatic carbocycles. The Bertz CT molecular complexity index is 9.65. The summed E-state index contributed by atoms with van der Waals surface area (Å²) in [7, 11) is 0. The maximum absolute atomic E-state index is 3.25. The van der Waals surface area contributed by atoms with Crippen LogP contribution in [0.3, 0.4) is 0 Å². The molecule has 7 heavy (non-hydrogen) atoms. The quantitative estimate of drug-likeness (QED) is 0.596. The van der Waals surface area contributed by atoms with Crippen molar-refractivity contribution in [2.45, 2.75) is 6.92 Å². The molecule has 0 aliphatic heterocycles. The summed E-state index contributed by atoms with van der Waals surface area (Å²) in [4.78, 5) is 0. The fourth-order valence-electron chi connectivity index (χ4n) is 0. The summed E-state index contributed by atoms with van der Waals surface area (Å²) in [6.45, 7) is 5.00. The van der Waals surface area contributed by atoms with Gasteiger partial charge in [0.2, 0.25) is 0 Å². The van der Waals surface area contributed by atoms with Gasteiger partial charge in [-0.15, -0.1) is 0 Å². The van der Waals surface area contributed by atoms with Gasteiger partial charge in [0, 0.05) is 84.0 Å². The van der Waals surface area contributed by atoms with Crippen molar-refractivity contribution in [3.05, 3.63) is 21.8 Å². The molecule has 3 heteroatoms. The molecule has 0 fully saturated rings. The first-order valence-corrected chi connectivity index (χ1v) is 0.707. The Balaban J connectivity index is -0.000000000500. The van der Waals surface area contributed by atoms with Gasteiger partial charge in [0.25, 0.3) is 0 Å². The van der Waals surface area contributed by atoms with Crippen molar-refractivity contribution in [3.63, 3.8) is 0 Å². The molecule has 0 saturated carbocycles. The molecule has 0 aliphatic carbocycles. The zero-order valence-electron chi connectivity index (χ0n) is 5.31. The molecular formula is C4H11VY2-3. The van der Waals surface area contributed by atoms with Crippen LogP contribution in [0, 0.1) is 21.8 Å². The van der Waals surface area contributed by atoms with Crippen LogP contribution in [-0.4, -0.2) is 0 Å². The number of hydrogen-bond donors (Lipinski definition) is 0. The summed E-state index contributed by atoms with van der Waals surface area (Å²) in [5.41, 5.74) is 0. The van der Waals surface area contributed by atoms with Crippen molar-refractivity contribution in [1.82, 2.24) is 0 Å². The molecule has 41 valence electrons. The average Bonchev–Trinajstić information content (AvgIpc) is 1.00. The molecule has 3 radical (unpaired) electrons. The van der Waals surface area contributed by atoms with E-state index in [1.165, 1.54) is 0 Å². The summed E-state index contributed by atoms with van der Waals surface area (Å²) in [5, 5.41) is 0. The van der Waals surface area contributed by atoms with Gasteiger partial charge in [0.05, 0.1) is 0 Å². The van der Waals surface area contributed by atoms with Crippen molar-refractivity contribution in [2.24, 2.45) is 0 Å². The van der Waals surface area contributed by atoms with Crippen LogP contribution in [0.5, 0.6) is 0 Å². The van der Waals surface area contributed by atoms with Gasteiger partial charge in [-0.1, -0.05) is 0 Å². The fourth-order valence-corrected chi connectivity index (χ4v) is 0. The molecule has 0 rings (SSSR count). The third kappa shape index (κ3) is 52.0. The topological polar surface area (TPSA) is 0 Å². The fraction of sp³-hybridized carbons (Fsp3) is 0.250. The third-order valence-corrected chi connectivity index (χ3v) is 0. The van der Waals surface area contributed by atoms with E-state index in [-0.39, 0.29) is 98.8 Å². The molecule has 0 N–H and O–H groups in total. The molecule has 0 unspecified atom stereocenters. The molecule has 0 spiro atoms. The Morgan fingerprint density at radius 3 is 0.857 bits per heavy atom. The van der Waals surface area contributed by atoms with E-state index in [4.69, 9.17) is 0 Å². The van der Waals surface area contributed by atoms with Crippen LogP contribution in [-0.2, 0) is 84.0 Å². The van der Waals surface area contributed by atoms with Crippen LogP contribution < -0.4 is 0 Å². The number of rotatable bonds is 0. The van der Waals surface area contributed by atoms with Gasteiger partial charge in [0.1, 0.15) is 0 Å². The van der Waals surface area contributed by atoms with Crippen LogP contribution in [0.4, 0.5) is 0 Å². The SMILES string of the molecule is [CH2-]C.[CH3-].[CH3-].[V].[Y].[Y]. The maximum Gasteiger partial charge on any atom is 0 e. The van der Waals surface area contributed by atoms with Gasteiger partial charge in [-0.05, 0) is 0 Å². The Morgan fingerprint density at radius 1 is 0.857 bits per heavy atom. The van der Waals surface area contributed by atoms with Gasteiger partial charge >= 0.3 is 0 Å². The standard InChI is InChI=1S/C2H5.2CH3.V.2Y/c1-2;;;;;/h1H2,2H3;2*1H3;;;/q3*-1;;;. The third-order valence-electron chi connectivity index (χ3n) is 0. The first kappa shape index (κ1) is 52.6. The predicted octanol–water partition coefficient (Wildman–Crippen LogP) is 1.73. The summed E-state index contributed by atoms with van der Waals surface area (Å²) in [6.07, 6.45) is 0. The first-order chi connectivity index (χ1) is 1.00. The first-order valence-electron chi connectivity index (χ1n) is 0.707.